The molecule has 0 atom stereocenters. The summed E-state index contributed by atoms with van der Waals surface area (Å²) in [6.07, 6.45) is 0. The summed E-state index contributed by atoms with van der Waals surface area (Å²) in [6.45, 7) is 1.94. The highest BCUT2D eigenvalue weighted by Crippen LogP contribution is 2.27. The van der Waals surface area contributed by atoms with Gasteiger partial charge < -0.3 is 4.57 Å². The topological polar surface area (TPSA) is 54.7 Å². The molecule has 0 saturated carbocycles. The third-order valence-corrected chi connectivity index (χ3v) is 6.97. The molecule has 0 N–H and O–H groups in total. The van der Waals surface area contributed by atoms with E-state index in [0.717, 1.165) is 21.6 Å². The van der Waals surface area contributed by atoms with Gasteiger partial charge in [-0.15, -0.1) is 28.3 Å². The van der Waals surface area contributed by atoms with Gasteiger partial charge in [-0.2, -0.15) is 0 Å². The van der Waals surface area contributed by atoms with Crippen LogP contribution in [-0.4, -0.2) is 31.4 Å². The monoisotopic (exact) mass is 485 g/mol. The lowest BCUT2D eigenvalue weighted by molar-refractivity contribution is 0.521. The molecule has 3 rings (SSSR count). The Morgan fingerprint density at radius 2 is 1.75 bits per heavy atom. The Balaban J connectivity index is 0.00000280. The summed E-state index contributed by atoms with van der Waals surface area (Å²) in [5, 5.41) is 1.94. The zero-order chi connectivity index (χ0) is 19.8. The zero-order valence-corrected chi connectivity index (χ0v) is 19.2. The van der Waals surface area contributed by atoms with E-state index >= 15 is 0 Å². The van der Waals surface area contributed by atoms with Crippen LogP contribution in [0.2, 0.25) is 0 Å². The number of aryl methyl sites for hydroxylation is 1. The molecule has 2 aromatic carbocycles. The standard InChI is InChI=1S/C19H20FN3O2S2.BrH/c1-13-5-10-16(27(24,25)22(2)3)11-17(13)18-12-26-19(23(18)4)21-15-8-6-14(20)7-9-15;/h5-12H,1-4H3;1H/b21-19+;. The summed E-state index contributed by atoms with van der Waals surface area (Å²) in [7, 11) is 1.39. The summed E-state index contributed by atoms with van der Waals surface area (Å²) in [5.74, 6) is -0.306. The molecule has 0 spiro atoms. The van der Waals surface area contributed by atoms with Gasteiger partial charge in [0.15, 0.2) is 4.80 Å². The van der Waals surface area contributed by atoms with E-state index in [9.17, 15) is 12.8 Å². The molecule has 0 aliphatic heterocycles. The molecule has 0 unspecified atom stereocenters. The molecule has 0 amide bonds. The smallest absolute Gasteiger partial charge is 0.242 e. The molecular formula is C19H21BrFN3O2S2. The first kappa shape index (κ1) is 22.5. The van der Waals surface area contributed by atoms with Crippen molar-refractivity contribution in [2.24, 2.45) is 12.0 Å². The van der Waals surface area contributed by atoms with E-state index in [2.05, 4.69) is 4.99 Å². The second kappa shape index (κ2) is 8.69. The molecule has 3 aromatic rings. The second-order valence-electron chi connectivity index (χ2n) is 6.31. The van der Waals surface area contributed by atoms with Crippen molar-refractivity contribution in [3.8, 4) is 11.3 Å². The fourth-order valence-electron chi connectivity index (χ4n) is 2.59. The molecule has 9 heteroatoms. The molecule has 1 aromatic heterocycles. The lowest BCUT2D eigenvalue weighted by atomic mass is 10.1. The quantitative estimate of drug-likeness (QED) is 0.554. The third kappa shape index (κ3) is 4.43. The van der Waals surface area contributed by atoms with Crippen LogP contribution in [0.15, 0.2) is 57.7 Å². The van der Waals surface area contributed by atoms with E-state index in [0.29, 0.717) is 5.69 Å². The predicted octanol–water partition coefficient (Wildman–Crippen LogP) is 4.26. The number of sulfonamides is 1. The first-order valence-electron chi connectivity index (χ1n) is 8.18. The van der Waals surface area contributed by atoms with Crippen molar-refractivity contribution in [1.82, 2.24) is 8.87 Å². The van der Waals surface area contributed by atoms with Crippen LogP contribution in [0.4, 0.5) is 10.1 Å². The van der Waals surface area contributed by atoms with Crippen LogP contribution in [0.3, 0.4) is 0 Å². The van der Waals surface area contributed by atoms with Gasteiger partial charge in [0.25, 0.3) is 0 Å². The summed E-state index contributed by atoms with van der Waals surface area (Å²) < 4.78 is 41.1. The number of thiazole rings is 1. The minimum atomic E-state index is -3.51. The van der Waals surface area contributed by atoms with Crippen molar-refractivity contribution < 1.29 is 12.8 Å². The molecule has 0 bridgehead atoms. The molecule has 0 aliphatic carbocycles. The van der Waals surface area contributed by atoms with Crippen molar-refractivity contribution in [2.45, 2.75) is 11.8 Å². The number of aromatic nitrogens is 1. The fourth-order valence-corrected chi connectivity index (χ4v) is 4.43. The van der Waals surface area contributed by atoms with Gasteiger partial charge in [0, 0.05) is 32.1 Å². The Morgan fingerprint density at radius 1 is 1.11 bits per heavy atom. The summed E-state index contributed by atoms with van der Waals surface area (Å²) in [4.78, 5) is 5.53. The Labute approximate surface area is 178 Å². The van der Waals surface area contributed by atoms with Crippen molar-refractivity contribution in [2.75, 3.05) is 14.1 Å². The second-order valence-corrected chi connectivity index (χ2v) is 9.30. The molecule has 28 heavy (non-hydrogen) atoms. The van der Waals surface area contributed by atoms with E-state index in [4.69, 9.17) is 0 Å². The maximum absolute atomic E-state index is 13.1. The van der Waals surface area contributed by atoms with Crippen LogP contribution in [0.5, 0.6) is 0 Å². The fraction of sp³-hybridized carbons (Fsp3) is 0.211. The average Bonchev–Trinajstić information content (AvgIpc) is 2.97. The largest absolute Gasteiger partial charge is 0.320 e. The van der Waals surface area contributed by atoms with Crippen molar-refractivity contribution in [3.63, 3.8) is 0 Å². The van der Waals surface area contributed by atoms with Gasteiger partial charge in [-0.05, 0) is 48.9 Å². The van der Waals surface area contributed by atoms with Crippen molar-refractivity contribution in [3.05, 3.63) is 64.0 Å². The first-order chi connectivity index (χ1) is 12.7. The normalized spacial score (nSPS) is 12.3. The van der Waals surface area contributed by atoms with Crippen molar-refractivity contribution in [1.29, 1.82) is 0 Å². The van der Waals surface area contributed by atoms with Gasteiger partial charge in [-0.1, -0.05) is 6.07 Å². The Kier molecular flexibility index (Phi) is 6.97. The van der Waals surface area contributed by atoms with Crippen LogP contribution >= 0.6 is 28.3 Å². The molecule has 1 heterocycles. The Bertz CT molecular complexity index is 1150. The minimum absolute atomic E-state index is 0. The Hall–Kier alpha value is -1.81. The van der Waals surface area contributed by atoms with E-state index in [-0.39, 0.29) is 27.7 Å². The molecule has 0 aliphatic rings. The van der Waals surface area contributed by atoms with Gasteiger partial charge in [-0.25, -0.2) is 22.1 Å². The number of hydrogen-bond acceptors (Lipinski definition) is 4. The van der Waals surface area contributed by atoms with Crippen LogP contribution in [-0.2, 0) is 17.1 Å². The minimum Gasteiger partial charge on any atom is -0.320 e. The summed E-state index contributed by atoms with van der Waals surface area (Å²) >= 11 is 1.44. The lowest BCUT2D eigenvalue weighted by Crippen LogP contribution is -2.22. The van der Waals surface area contributed by atoms with Gasteiger partial charge in [0.05, 0.1) is 16.3 Å². The van der Waals surface area contributed by atoms with Crippen LogP contribution in [0, 0.1) is 12.7 Å². The van der Waals surface area contributed by atoms with Crippen LogP contribution in [0.1, 0.15) is 5.56 Å². The highest BCUT2D eigenvalue weighted by atomic mass is 79.9. The number of rotatable bonds is 4. The number of hydrogen-bond donors (Lipinski definition) is 0. The average molecular weight is 486 g/mol. The number of benzene rings is 2. The van der Waals surface area contributed by atoms with E-state index < -0.39 is 10.0 Å². The number of halogens is 2. The summed E-state index contributed by atoms with van der Waals surface area (Å²) in [6, 6.07) is 11.1. The van der Waals surface area contributed by atoms with Crippen LogP contribution < -0.4 is 4.80 Å². The zero-order valence-electron chi connectivity index (χ0n) is 15.9. The van der Waals surface area contributed by atoms with Crippen molar-refractivity contribution >= 4 is 44.0 Å². The van der Waals surface area contributed by atoms with E-state index in [1.54, 1.807) is 30.3 Å². The predicted molar refractivity (Wildman–Crippen MR) is 116 cm³/mol. The van der Waals surface area contributed by atoms with Gasteiger partial charge in [0.1, 0.15) is 5.82 Å². The molecule has 0 fully saturated rings. The van der Waals surface area contributed by atoms with Gasteiger partial charge in [0.2, 0.25) is 10.0 Å². The Morgan fingerprint density at radius 3 is 2.36 bits per heavy atom. The maximum Gasteiger partial charge on any atom is 0.242 e. The lowest BCUT2D eigenvalue weighted by Gasteiger charge is -2.14. The van der Waals surface area contributed by atoms with Gasteiger partial charge in [-0.3, -0.25) is 0 Å². The molecule has 0 saturated heterocycles. The highest BCUT2D eigenvalue weighted by molar-refractivity contribution is 8.93. The molecule has 150 valence electrons. The van der Waals surface area contributed by atoms with Crippen LogP contribution in [0.25, 0.3) is 11.3 Å². The number of nitrogens with zero attached hydrogens (tertiary/aromatic N) is 3. The van der Waals surface area contributed by atoms with Gasteiger partial charge >= 0.3 is 0 Å². The first-order valence-corrected chi connectivity index (χ1v) is 10.5. The third-order valence-electron chi connectivity index (χ3n) is 4.24. The molecule has 5 nitrogen and oxygen atoms in total. The molecule has 0 radical (unpaired) electrons. The molecular weight excluding hydrogens is 465 g/mol. The van der Waals surface area contributed by atoms with E-state index in [1.807, 2.05) is 23.9 Å². The van der Waals surface area contributed by atoms with E-state index in [1.165, 1.54) is 41.9 Å². The summed E-state index contributed by atoms with van der Waals surface area (Å²) in [5.41, 5.74) is 3.32. The maximum atomic E-state index is 13.1. The SMILES string of the molecule is Br.Cc1ccc(S(=O)(=O)N(C)C)cc1-c1cs/c(=N/c2ccc(F)cc2)n1C. The highest BCUT2D eigenvalue weighted by Gasteiger charge is 2.19.